The van der Waals surface area contributed by atoms with E-state index in [2.05, 4.69) is 15.1 Å². The zero-order chi connectivity index (χ0) is 22.1. The van der Waals surface area contributed by atoms with Crippen LogP contribution in [-0.2, 0) is 4.79 Å². The Bertz CT molecular complexity index is 988. The predicted molar refractivity (Wildman–Crippen MR) is 118 cm³/mol. The average molecular weight is 427 g/mol. The van der Waals surface area contributed by atoms with Gasteiger partial charge in [0.25, 0.3) is 0 Å². The Kier molecular flexibility index (Phi) is 6.25. The van der Waals surface area contributed by atoms with Gasteiger partial charge in [-0.2, -0.15) is 0 Å². The van der Waals surface area contributed by atoms with Crippen molar-refractivity contribution in [2.24, 2.45) is 0 Å². The highest BCUT2D eigenvalue weighted by Gasteiger charge is 2.26. The Morgan fingerprint density at radius 2 is 1.65 bits per heavy atom. The number of ketones is 1. The molecular weight excluding hydrogens is 395 g/mol. The summed E-state index contributed by atoms with van der Waals surface area (Å²) in [6, 6.07) is 7.44. The van der Waals surface area contributed by atoms with Crippen LogP contribution in [0, 0.1) is 26.6 Å². The number of hydrogen-bond acceptors (Lipinski definition) is 4. The second-order valence-electron chi connectivity index (χ2n) is 8.87. The molecule has 0 bridgehead atoms. The van der Waals surface area contributed by atoms with Crippen LogP contribution < -0.4 is 5.32 Å². The molecule has 2 aliphatic rings. The Hall–Kier alpha value is -2.51. The van der Waals surface area contributed by atoms with E-state index in [1.54, 1.807) is 13.0 Å². The molecule has 1 amide bonds. The topological polar surface area (TPSA) is 57.6 Å². The van der Waals surface area contributed by atoms with E-state index in [1.165, 1.54) is 6.07 Å². The van der Waals surface area contributed by atoms with E-state index in [0.717, 1.165) is 56.1 Å². The van der Waals surface area contributed by atoms with Gasteiger partial charge < -0.3 is 9.88 Å². The van der Waals surface area contributed by atoms with Crippen molar-refractivity contribution in [1.82, 2.24) is 19.7 Å². The van der Waals surface area contributed by atoms with Crippen LogP contribution in [0.15, 0.2) is 24.3 Å². The molecule has 1 aliphatic carbocycles. The minimum Gasteiger partial charge on any atom is -0.352 e. The van der Waals surface area contributed by atoms with E-state index in [4.69, 9.17) is 0 Å². The first-order valence-corrected chi connectivity index (χ1v) is 11.0. The van der Waals surface area contributed by atoms with E-state index in [9.17, 15) is 14.0 Å². The van der Waals surface area contributed by atoms with E-state index in [-0.39, 0.29) is 17.5 Å². The molecule has 31 heavy (non-hydrogen) atoms. The molecule has 0 atom stereocenters. The molecule has 7 heteroatoms. The normalized spacial score (nSPS) is 17.7. The highest BCUT2D eigenvalue weighted by Crippen LogP contribution is 2.23. The fourth-order valence-electron chi connectivity index (χ4n) is 4.26. The van der Waals surface area contributed by atoms with E-state index < -0.39 is 0 Å². The van der Waals surface area contributed by atoms with Crippen LogP contribution in [0.25, 0.3) is 5.69 Å². The number of aryl methyl sites for hydroxylation is 2. The number of halogens is 1. The van der Waals surface area contributed by atoms with Crippen LogP contribution in [0.2, 0.25) is 0 Å². The molecule has 2 aromatic rings. The third kappa shape index (κ3) is 5.05. The molecule has 2 heterocycles. The van der Waals surface area contributed by atoms with Crippen molar-refractivity contribution in [3.8, 4) is 5.69 Å². The number of nitrogens with one attached hydrogen (secondary N) is 1. The summed E-state index contributed by atoms with van der Waals surface area (Å²) in [5.41, 5.74) is 3.77. The number of Topliss-reactive ketones (excluding diaryl/α,β-unsaturated/α-hetero) is 1. The van der Waals surface area contributed by atoms with Gasteiger partial charge in [-0.3, -0.25) is 19.4 Å². The van der Waals surface area contributed by atoms with Crippen LogP contribution in [0.1, 0.15) is 40.2 Å². The number of rotatable bonds is 7. The number of hydrogen-bond donors (Lipinski definition) is 1. The van der Waals surface area contributed by atoms with Gasteiger partial charge in [-0.25, -0.2) is 4.39 Å². The number of nitrogens with zero attached hydrogens (tertiary/aromatic N) is 3. The number of carbonyl (C=O) groups is 2. The van der Waals surface area contributed by atoms with Gasteiger partial charge in [-0.15, -0.1) is 0 Å². The quantitative estimate of drug-likeness (QED) is 0.692. The van der Waals surface area contributed by atoms with Gasteiger partial charge in [0.1, 0.15) is 5.82 Å². The van der Waals surface area contributed by atoms with Crippen LogP contribution in [0.5, 0.6) is 0 Å². The summed E-state index contributed by atoms with van der Waals surface area (Å²) in [4.78, 5) is 29.3. The summed E-state index contributed by atoms with van der Waals surface area (Å²) in [6.45, 7) is 9.49. The molecule has 1 aromatic carbocycles. The van der Waals surface area contributed by atoms with E-state index in [0.29, 0.717) is 30.3 Å². The fourth-order valence-corrected chi connectivity index (χ4v) is 4.26. The van der Waals surface area contributed by atoms with Crippen LogP contribution in [0.4, 0.5) is 4.39 Å². The van der Waals surface area contributed by atoms with Gasteiger partial charge in [0.15, 0.2) is 5.78 Å². The van der Waals surface area contributed by atoms with Crippen molar-refractivity contribution in [3.63, 3.8) is 0 Å². The van der Waals surface area contributed by atoms with E-state index >= 15 is 0 Å². The lowest BCUT2D eigenvalue weighted by molar-refractivity contribution is -0.122. The van der Waals surface area contributed by atoms with Crippen molar-refractivity contribution in [1.29, 1.82) is 0 Å². The minimum absolute atomic E-state index is 0.0758. The SMILES string of the molecule is Cc1ccc(-n2c(C)cc(C(=O)CN3CCN(CC(=O)NC4CC4)CC3)c2C)cc1F. The van der Waals surface area contributed by atoms with Crippen molar-refractivity contribution in [2.45, 2.75) is 39.7 Å². The van der Waals surface area contributed by atoms with Crippen molar-refractivity contribution in [3.05, 3.63) is 52.6 Å². The summed E-state index contributed by atoms with van der Waals surface area (Å²) in [5.74, 6) is -0.0690. The number of amides is 1. The second kappa shape index (κ2) is 8.93. The largest absolute Gasteiger partial charge is 0.352 e. The molecule has 0 unspecified atom stereocenters. The van der Waals surface area contributed by atoms with E-state index in [1.807, 2.05) is 30.5 Å². The van der Waals surface area contributed by atoms with Crippen LogP contribution in [-0.4, -0.2) is 71.4 Å². The monoisotopic (exact) mass is 426 g/mol. The average Bonchev–Trinajstić information content (AvgIpc) is 3.48. The first-order chi connectivity index (χ1) is 14.8. The summed E-state index contributed by atoms with van der Waals surface area (Å²) < 4.78 is 16.0. The molecule has 166 valence electrons. The number of aromatic nitrogens is 1. The molecule has 1 saturated heterocycles. The second-order valence-corrected chi connectivity index (χ2v) is 8.87. The lowest BCUT2D eigenvalue weighted by Gasteiger charge is -2.33. The Morgan fingerprint density at radius 1 is 1.00 bits per heavy atom. The molecule has 0 radical (unpaired) electrons. The molecule has 6 nitrogen and oxygen atoms in total. The molecule has 0 spiro atoms. The molecule has 1 saturated carbocycles. The highest BCUT2D eigenvalue weighted by atomic mass is 19.1. The highest BCUT2D eigenvalue weighted by molar-refractivity contribution is 5.99. The third-order valence-corrected chi connectivity index (χ3v) is 6.29. The molecular formula is C24H31FN4O2. The lowest BCUT2D eigenvalue weighted by atomic mass is 10.1. The zero-order valence-corrected chi connectivity index (χ0v) is 18.6. The lowest BCUT2D eigenvalue weighted by Crippen LogP contribution is -2.50. The third-order valence-electron chi connectivity index (χ3n) is 6.29. The first kappa shape index (κ1) is 21.7. The minimum atomic E-state index is -0.249. The molecule has 1 N–H and O–H groups in total. The Morgan fingerprint density at radius 3 is 2.26 bits per heavy atom. The summed E-state index contributed by atoms with van der Waals surface area (Å²) >= 11 is 0. The standard InChI is InChI=1S/C24H31FN4O2/c1-16-4-7-20(13-22(16)25)29-17(2)12-21(18(29)3)23(30)14-27-8-10-28(11-9-27)15-24(31)26-19-5-6-19/h4,7,12-13,19H,5-6,8-11,14-15H2,1-3H3,(H,26,31). The Balaban J connectivity index is 1.36. The van der Waals surface area contributed by atoms with Gasteiger partial charge in [0.05, 0.1) is 13.1 Å². The fraction of sp³-hybridized carbons (Fsp3) is 0.500. The Labute approximate surface area is 183 Å². The zero-order valence-electron chi connectivity index (χ0n) is 18.6. The van der Waals surface area contributed by atoms with Gasteiger partial charge in [0, 0.05) is 54.9 Å². The van der Waals surface area contributed by atoms with Crippen molar-refractivity contribution >= 4 is 11.7 Å². The van der Waals surface area contributed by atoms with Gasteiger partial charge in [0.2, 0.25) is 5.91 Å². The summed E-state index contributed by atoms with van der Waals surface area (Å²) in [5, 5.41) is 3.03. The predicted octanol–water partition coefficient (Wildman–Crippen LogP) is 2.62. The molecule has 2 fully saturated rings. The maximum Gasteiger partial charge on any atom is 0.234 e. The maximum absolute atomic E-state index is 14.1. The molecule has 4 rings (SSSR count). The maximum atomic E-state index is 14.1. The molecule has 1 aromatic heterocycles. The van der Waals surface area contributed by atoms with Crippen LogP contribution in [0.3, 0.4) is 0 Å². The van der Waals surface area contributed by atoms with Crippen molar-refractivity contribution < 1.29 is 14.0 Å². The first-order valence-electron chi connectivity index (χ1n) is 11.0. The number of carbonyl (C=O) groups excluding carboxylic acids is 2. The van der Waals surface area contributed by atoms with Crippen molar-refractivity contribution in [2.75, 3.05) is 39.3 Å². The number of piperazine rings is 1. The van der Waals surface area contributed by atoms with Crippen LogP contribution >= 0.6 is 0 Å². The number of benzene rings is 1. The van der Waals surface area contributed by atoms with Gasteiger partial charge >= 0.3 is 0 Å². The summed E-state index contributed by atoms with van der Waals surface area (Å²) in [7, 11) is 0. The molecule has 1 aliphatic heterocycles. The summed E-state index contributed by atoms with van der Waals surface area (Å²) in [6.07, 6.45) is 2.20. The smallest absolute Gasteiger partial charge is 0.234 e. The van der Waals surface area contributed by atoms with Gasteiger partial charge in [-0.1, -0.05) is 6.07 Å². The van der Waals surface area contributed by atoms with Gasteiger partial charge in [-0.05, 0) is 57.4 Å².